The third-order valence-electron chi connectivity index (χ3n) is 4.99. The normalized spacial score (nSPS) is 14.6. The van der Waals surface area contributed by atoms with Gasteiger partial charge in [-0.3, -0.25) is 4.79 Å². The number of nitrogens with one attached hydrogen (secondary N) is 1. The van der Waals surface area contributed by atoms with E-state index < -0.39 is 0 Å². The maximum Gasteiger partial charge on any atom is 0.257 e. The highest BCUT2D eigenvalue weighted by Gasteiger charge is 2.12. The summed E-state index contributed by atoms with van der Waals surface area (Å²) in [5.74, 6) is 0.698. The van der Waals surface area contributed by atoms with Crippen LogP contribution in [0.4, 0.5) is 0 Å². The van der Waals surface area contributed by atoms with Gasteiger partial charge in [-0.05, 0) is 68.2 Å². The number of likely N-dealkylation sites (tertiary alicyclic amines) is 1. The molecule has 0 saturated carbocycles. The van der Waals surface area contributed by atoms with Crippen molar-refractivity contribution < 1.29 is 9.21 Å². The van der Waals surface area contributed by atoms with E-state index >= 15 is 0 Å². The number of oxazole rings is 1. The largest absolute Gasteiger partial charge is 0.431 e. The first-order chi connectivity index (χ1) is 13.7. The summed E-state index contributed by atoms with van der Waals surface area (Å²) in [5, 5.41) is 3.69. The Morgan fingerprint density at radius 1 is 1.21 bits per heavy atom. The average molecular weight is 396 g/mol. The Hall–Kier alpha value is -2.31. The second-order valence-electron chi connectivity index (χ2n) is 7.24. The molecule has 2 aromatic carbocycles. The van der Waals surface area contributed by atoms with Crippen LogP contribution in [0.15, 0.2) is 52.1 Å². The Balaban J connectivity index is 1.32. The number of carbonyl (C=O) groups is 1. The third kappa shape index (κ3) is 4.75. The molecule has 28 heavy (non-hydrogen) atoms. The molecule has 1 amide bonds. The minimum Gasteiger partial charge on any atom is -0.431 e. The summed E-state index contributed by atoms with van der Waals surface area (Å²) in [4.78, 5) is 19.4. The Kier molecular flexibility index (Phi) is 5.98. The number of carbonyl (C=O) groups excluding carboxylic acids is 1. The maximum absolute atomic E-state index is 12.4. The molecule has 1 aliphatic heterocycles. The zero-order chi connectivity index (χ0) is 19.3. The van der Waals surface area contributed by atoms with Gasteiger partial charge >= 0.3 is 0 Å². The first-order valence-corrected chi connectivity index (χ1v) is 10.8. The van der Waals surface area contributed by atoms with E-state index in [1.165, 1.54) is 18.4 Å². The molecule has 4 rings (SSSR count). The molecule has 1 fully saturated rings. The van der Waals surface area contributed by atoms with Crippen molar-refractivity contribution in [1.29, 1.82) is 0 Å². The Morgan fingerprint density at radius 2 is 2.07 bits per heavy atom. The predicted octanol–water partition coefficient (Wildman–Crippen LogP) is 4.25. The fraction of sp³-hybridized carbons (Fsp3) is 0.364. The number of aryl methyl sites for hydroxylation is 1. The number of thioether (sulfide) groups is 1. The number of hydrogen-bond donors (Lipinski definition) is 1. The van der Waals surface area contributed by atoms with Crippen molar-refractivity contribution in [2.24, 2.45) is 0 Å². The molecule has 146 valence electrons. The van der Waals surface area contributed by atoms with Gasteiger partial charge in [0.1, 0.15) is 5.52 Å². The summed E-state index contributed by atoms with van der Waals surface area (Å²) < 4.78 is 5.79. The predicted molar refractivity (Wildman–Crippen MR) is 113 cm³/mol. The van der Waals surface area contributed by atoms with Gasteiger partial charge in [0, 0.05) is 24.4 Å². The molecule has 0 atom stereocenters. The lowest BCUT2D eigenvalue weighted by Gasteiger charge is -2.14. The molecule has 6 heteroatoms. The van der Waals surface area contributed by atoms with Gasteiger partial charge < -0.3 is 14.6 Å². The highest BCUT2D eigenvalue weighted by molar-refractivity contribution is 7.98. The van der Waals surface area contributed by atoms with Crippen molar-refractivity contribution in [3.8, 4) is 0 Å². The zero-order valence-corrected chi connectivity index (χ0v) is 16.9. The molecular formula is C22H25N3O2S. The Bertz CT molecular complexity index is 963. The van der Waals surface area contributed by atoms with E-state index in [-0.39, 0.29) is 5.91 Å². The molecule has 1 aromatic heterocycles. The molecule has 1 saturated heterocycles. The number of rotatable bonds is 7. The van der Waals surface area contributed by atoms with Crippen LogP contribution in [0.3, 0.4) is 0 Å². The minimum absolute atomic E-state index is 0.0108. The fourth-order valence-electron chi connectivity index (χ4n) is 3.46. The quantitative estimate of drug-likeness (QED) is 0.606. The SMILES string of the molecule is Cc1ccc2oc(SCc3cccc(C(=O)NCCN4CCCC4)c3)nc2c1. The van der Waals surface area contributed by atoms with E-state index in [0.717, 1.165) is 36.3 Å². The molecule has 1 aliphatic rings. The smallest absolute Gasteiger partial charge is 0.257 e. The second kappa shape index (κ2) is 8.80. The summed E-state index contributed by atoms with van der Waals surface area (Å²) >= 11 is 1.54. The molecule has 0 aliphatic carbocycles. The standard InChI is InChI=1S/C22H25N3O2S/c1-16-7-8-20-19(13-16)24-22(27-20)28-15-17-5-4-6-18(14-17)21(26)23-9-12-25-10-2-3-11-25/h4-8,13-14H,2-3,9-12,15H2,1H3,(H,23,26). The fourth-order valence-corrected chi connectivity index (χ4v) is 4.24. The van der Waals surface area contributed by atoms with Crippen LogP contribution in [0.25, 0.3) is 11.1 Å². The van der Waals surface area contributed by atoms with Crippen molar-refractivity contribution >= 4 is 28.8 Å². The first-order valence-electron chi connectivity index (χ1n) is 9.77. The summed E-state index contributed by atoms with van der Waals surface area (Å²) in [5.41, 5.74) is 4.64. The van der Waals surface area contributed by atoms with Crippen LogP contribution >= 0.6 is 11.8 Å². The van der Waals surface area contributed by atoms with Crippen molar-refractivity contribution in [3.05, 3.63) is 59.2 Å². The Labute approximate surface area is 169 Å². The van der Waals surface area contributed by atoms with E-state index in [9.17, 15) is 4.79 Å². The number of hydrogen-bond acceptors (Lipinski definition) is 5. The molecule has 1 N–H and O–H groups in total. The molecular weight excluding hydrogens is 370 g/mol. The number of nitrogens with zero attached hydrogens (tertiary/aromatic N) is 2. The van der Waals surface area contributed by atoms with Crippen LogP contribution in [0, 0.1) is 6.92 Å². The summed E-state index contributed by atoms with van der Waals surface area (Å²) in [7, 11) is 0. The van der Waals surface area contributed by atoms with Gasteiger partial charge in [0.2, 0.25) is 0 Å². The summed E-state index contributed by atoms with van der Waals surface area (Å²) in [6, 6.07) is 13.8. The van der Waals surface area contributed by atoms with Crippen LogP contribution in [-0.2, 0) is 5.75 Å². The number of benzene rings is 2. The lowest BCUT2D eigenvalue weighted by molar-refractivity contribution is 0.0949. The van der Waals surface area contributed by atoms with Gasteiger partial charge in [-0.25, -0.2) is 4.98 Å². The maximum atomic E-state index is 12.4. The zero-order valence-electron chi connectivity index (χ0n) is 16.1. The molecule has 0 bridgehead atoms. The summed E-state index contributed by atoms with van der Waals surface area (Å²) in [6.45, 7) is 5.97. The highest BCUT2D eigenvalue weighted by atomic mass is 32.2. The van der Waals surface area contributed by atoms with E-state index in [2.05, 4.69) is 15.2 Å². The van der Waals surface area contributed by atoms with Crippen molar-refractivity contribution in [2.45, 2.75) is 30.7 Å². The van der Waals surface area contributed by atoms with Gasteiger partial charge in [-0.15, -0.1) is 0 Å². The number of aromatic nitrogens is 1. The molecule has 2 heterocycles. The average Bonchev–Trinajstić information content (AvgIpc) is 3.35. The van der Waals surface area contributed by atoms with Crippen molar-refractivity contribution in [1.82, 2.24) is 15.2 Å². The number of amides is 1. The van der Waals surface area contributed by atoms with Gasteiger partial charge in [-0.2, -0.15) is 0 Å². The van der Waals surface area contributed by atoms with Gasteiger partial charge in [0.15, 0.2) is 5.58 Å². The van der Waals surface area contributed by atoms with Crippen LogP contribution < -0.4 is 5.32 Å². The molecule has 0 spiro atoms. The lowest BCUT2D eigenvalue weighted by atomic mass is 10.1. The van der Waals surface area contributed by atoms with Gasteiger partial charge in [0.25, 0.3) is 11.1 Å². The van der Waals surface area contributed by atoms with Crippen LogP contribution in [0.5, 0.6) is 0 Å². The minimum atomic E-state index is -0.0108. The van der Waals surface area contributed by atoms with E-state index in [1.807, 2.05) is 49.4 Å². The highest BCUT2D eigenvalue weighted by Crippen LogP contribution is 2.27. The third-order valence-corrected chi connectivity index (χ3v) is 5.89. The molecule has 0 radical (unpaired) electrons. The van der Waals surface area contributed by atoms with Crippen LogP contribution in [0.1, 0.15) is 34.3 Å². The number of fused-ring (bicyclic) bond motifs is 1. The van der Waals surface area contributed by atoms with Gasteiger partial charge in [0.05, 0.1) is 0 Å². The second-order valence-corrected chi connectivity index (χ2v) is 8.17. The molecule has 5 nitrogen and oxygen atoms in total. The monoisotopic (exact) mass is 395 g/mol. The summed E-state index contributed by atoms with van der Waals surface area (Å²) in [6.07, 6.45) is 2.54. The van der Waals surface area contributed by atoms with E-state index in [4.69, 9.17) is 4.42 Å². The molecule has 3 aromatic rings. The van der Waals surface area contributed by atoms with Crippen LogP contribution in [0.2, 0.25) is 0 Å². The molecule has 0 unspecified atom stereocenters. The first kappa shape index (κ1) is 19.0. The topological polar surface area (TPSA) is 58.4 Å². The van der Waals surface area contributed by atoms with E-state index in [1.54, 1.807) is 11.8 Å². The van der Waals surface area contributed by atoms with Crippen molar-refractivity contribution in [3.63, 3.8) is 0 Å². The van der Waals surface area contributed by atoms with E-state index in [0.29, 0.717) is 23.1 Å². The Morgan fingerprint density at radius 3 is 2.93 bits per heavy atom. The lowest BCUT2D eigenvalue weighted by Crippen LogP contribution is -2.33. The van der Waals surface area contributed by atoms with Crippen molar-refractivity contribution in [2.75, 3.05) is 26.2 Å². The van der Waals surface area contributed by atoms with Gasteiger partial charge in [-0.1, -0.05) is 30.0 Å². The van der Waals surface area contributed by atoms with Crippen LogP contribution in [-0.4, -0.2) is 42.0 Å².